The molecule has 0 radical (unpaired) electrons. The third-order valence-electron chi connectivity index (χ3n) is 2.19. The van der Waals surface area contributed by atoms with E-state index < -0.39 is 0 Å². The lowest BCUT2D eigenvalue weighted by Crippen LogP contribution is -1.97. The largest absolute Gasteiger partial charge is 0.125 e. The molecule has 0 saturated heterocycles. The normalized spacial score (nSPS) is 18.7. The van der Waals surface area contributed by atoms with Gasteiger partial charge >= 0.3 is 0 Å². The highest BCUT2D eigenvalue weighted by Crippen LogP contribution is 2.36. The van der Waals surface area contributed by atoms with Gasteiger partial charge in [-0.2, -0.15) is 0 Å². The number of alkyl halides is 1. The summed E-state index contributed by atoms with van der Waals surface area (Å²) in [5, 5.41) is 0.960. The Morgan fingerprint density at radius 2 is 2.23 bits per heavy atom. The molecule has 1 aliphatic heterocycles. The maximum absolute atomic E-state index is 3.45. The Hall–Kier alpha value is -0.210. The second-order valence-corrected chi connectivity index (χ2v) is 4.76. The molecule has 0 amide bonds. The first-order chi connectivity index (χ1) is 6.42. The van der Waals surface area contributed by atoms with Crippen LogP contribution in [0.25, 0.3) is 5.57 Å². The van der Waals surface area contributed by atoms with Gasteiger partial charge in [0, 0.05) is 16.0 Å². The number of benzene rings is 1. The van der Waals surface area contributed by atoms with Gasteiger partial charge in [-0.1, -0.05) is 40.2 Å². The quantitative estimate of drug-likeness (QED) is 0.684. The number of halogens is 1. The highest BCUT2D eigenvalue weighted by molar-refractivity contribution is 9.09. The van der Waals surface area contributed by atoms with Crippen molar-refractivity contribution in [1.82, 2.24) is 0 Å². The summed E-state index contributed by atoms with van der Waals surface area (Å²) in [6, 6.07) is 8.66. The van der Waals surface area contributed by atoms with Crippen molar-refractivity contribution in [2.24, 2.45) is 0 Å². The van der Waals surface area contributed by atoms with Crippen LogP contribution in [-0.2, 0) is 0 Å². The van der Waals surface area contributed by atoms with Gasteiger partial charge in [0.25, 0.3) is 0 Å². The first-order valence-corrected chi connectivity index (χ1v) is 6.49. The lowest BCUT2D eigenvalue weighted by atomic mass is 10.0. The van der Waals surface area contributed by atoms with Crippen LogP contribution in [0.3, 0.4) is 0 Å². The zero-order chi connectivity index (χ0) is 9.10. The average molecular weight is 255 g/mol. The molecule has 2 rings (SSSR count). The van der Waals surface area contributed by atoms with Gasteiger partial charge < -0.3 is 0 Å². The van der Waals surface area contributed by atoms with Crippen LogP contribution in [0.4, 0.5) is 0 Å². The Kier molecular flexibility index (Phi) is 3.12. The van der Waals surface area contributed by atoms with E-state index in [4.69, 9.17) is 0 Å². The molecule has 13 heavy (non-hydrogen) atoms. The average Bonchev–Trinajstić information content (AvgIpc) is 2.19. The molecular formula is C11H11BrS. The molecule has 68 valence electrons. The molecular weight excluding hydrogens is 244 g/mol. The zero-order valence-corrected chi connectivity index (χ0v) is 9.70. The summed E-state index contributed by atoms with van der Waals surface area (Å²) < 4.78 is 0. The summed E-state index contributed by atoms with van der Waals surface area (Å²) >= 11 is 5.42. The molecule has 1 aromatic rings. The highest BCUT2D eigenvalue weighted by atomic mass is 79.9. The topological polar surface area (TPSA) is 0 Å². The zero-order valence-electron chi connectivity index (χ0n) is 7.29. The van der Waals surface area contributed by atoms with Gasteiger partial charge in [-0.05, 0) is 23.6 Å². The number of hydrogen-bond donors (Lipinski definition) is 0. The summed E-state index contributed by atoms with van der Waals surface area (Å²) in [5.74, 6) is 1.22. The molecule has 0 saturated carbocycles. The van der Waals surface area contributed by atoms with Crippen molar-refractivity contribution in [3.63, 3.8) is 0 Å². The molecule has 0 aliphatic carbocycles. The molecule has 1 aromatic carbocycles. The lowest BCUT2D eigenvalue weighted by molar-refractivity contribution is 1.18. The molecule has 0 nitrogen and oxygen atoms in total. The van der Waals surface area contributed by atoms with Gasteiger partial charge in [0.15, 0.2) is 0 Å². The maximum atomic E-state index is 3.45. The summed E-state index contributed by atoms with van der Waals surface area (Å²) in [7, 11) is 0. The molecule has 0 fully saturated rings. The van der Waals surface area contributed by atoms with Crippen LogP contribution < -0.4 is 0 Å². The molecule has 1 heterocycles. The van der Waals surface area contributed by atoms with Crippen molar-refractivity contribution in [3.8, 4) is 0 Å². The van der Waals surface area contributed by atoms with Crippen molar-refractivity contribution >= 4 is 33.3 Å². The van der Waals surface area contributed by atoms with Crippen molar-refractivity contribution in [2.45, 2.75) is 11.3 Å². The highest BCUT2D eigenvalue weighted by Gasteiger charge is 2.12. The van der Waals surface area contributed by atoms with Gasteiger partial charge in [-0.3, -0.25) is 0 Å². The SMILES string of the molecule is BrC/C=C1/CCSc2ccccc21. The standard InChI is InChI=1S/C11H11BrS/c12-7-5-9-6-8-13-11-4-2-1-3-10(9)11/h1-5H,6-8H2/b9-5-. The predicted octanol–water partition coefficient (Wildman–Crippen LogP) is 3.96. The summed E-state index contributed by atoms with van der Waals surface area (Å²) in [4.78, 5) is 1.43. The molecule has 2 heteroatoms. The molecule has 0 N–H and O–H groups in total. The monoisotopic (exact) mass is 254 g/mol. The van der Waals surface area contributed by atoms with E-state index in [2.05, 4.69) is 46.3 Å². The van der Waals surface area contributed by atoms with E-state index in [1.165, 1.54) is 28.2 Å². The summed E-state index contributed by atoms with van der Waals surface area (Å²) in [6.45, 7) is 0. The van der Waals surface area contributed by atoms with Gasteiger partial charge in [0.05, 0.1) is 0 Å². The second kappa shape index (κ2) is 4.34. The Balaban J connectivity index is 2.42. The first kappa shape index (κ1) is 9.35. The Bertz CT molecular complexity index is 331. The van der Waals surface area contributed by atoms with Gasteiger partial charge in [-0.25, -0.2) is 0 Å². The van der Waals surface area contributed by atoms with Crippen LogP contribution >= 0.6 is 27.7 Å². The number of rotatable bonds is 1. The Morgan fingerprint density at radius 3 is 3.08 bits per heavy atom. The second-order valence-electron chi connectivity index (χ2n) is 2.98. The molecule has 0 unspecified atom stereocenters. The van der Waals surface area contributed by atoms with Crippen LogP contribution in [-0.4, -0.2) is 11.1 Å². The minimum atomic E-state index is 0.960. The minimum Gasteiger partial charge on any atom is -0.125 e. The Morgan fingerprint density at radius 1 is 1.38 bits per heavy atom. The first-order valence-electron chi connectivity index (χ1n) is 4.39. The predicted molar refractivity (Wildman–Crippen MR) is 63.6 cm³/mol. The fourth-order valence-electron chi connectivity index (χ4n) is 1.57. The fourth-order valence-corrected chi connectivity index (χ4v) is 3.03. The van der Waals surface area contributed by atoms with Crippen molar-refractivity contribution in [1.29, 1.82) is 0 Å². The van der Waals surface area contributed by atoms with E-state index in [-0.39, 0.29) is 0 Å². The van der Waals surface area contributed by atoms with Crippen LogP contribution in [0.2, 0.25) is 0 Å². The molecule has 0 aromatic heterocycles. The van der Waals surface area contributed by atoms with E-state index in [9.17, 15) is 0 Å². The molecule has 1 aliphatic rings. The third kappa shape index (κ3) is 2.00. The smallest absolute Gasteiger partial charge is 0.0217 e. The van der Waals surface area contributed by atoms with Crippen LogP contribution in [0.1, 0.15) is 12.0 Å². The number of fused-ring (bicyclic) bond motifs is 1. The van der Waals surface area contributed by atoms with Gasteiger partial charge in [0.1, 0.15) is 0 Å². The van der Waals surface area contributed by atoms with E-state index in [0.717, 1.165) is 5.33 Å². The number of allylic oxidation sites excluding steroid dienone is 2. The van der Waals surface area contributed by atoms with E-state index in [1.807, 2.05) is 11.8 Å². The van der Waals surface area contributed by atoms with Crippen molar-refractivity contribution in [3.05, 3.63) is 35.9 Å². The van der Waals surface area contributed by atoms with E-state index in [0.29, 0.717) is 0 Å². The van der Waals surface area contributed by atoms with Gasteiger partial charge in [0.2, 0.25) is 0 Å². The minimum absolute atomic E-state index is 0.960. The number of hydrogen-bond acceptors (Lipinski definition) is 1. The third-order valence-corrected chi connectivity index (χ3v) is 3.58. The molecule has 0 spiro atoms. The fraction of sp³-hybridized carbons (Fsp3) is 0.273. The summed E-state index contributed by atoms with van der Waals surface area (Å²) in [6.07, 6.45) is 3.48. The number of thioether (sulfide) groups is 1. The van der Waals surface area contributed by atoms with Crippen LogP contribution in [0.15, 0.2) is 35.2 Å². The Labute approximate surface area is 91.6 Å². The van der Waals surface area contributed by atoms with E-state index in [1.54, 1.807) is 0 Å². The van der Waals surface area contributed by atoms with Crippen molar-refractivity contribution < 1.29 is 0 Å². The van der Waals surface area contributed by atoms with E-state index >= 15 is 0 Å². The molecule has 0 bridgehead atoms. The van der Waals surface area contributed by atoms with Crippen LogP contribution in [0.5, 0.6) is 0 Å². The van der Waals surface area contributed by atoms with Crippen molar-refractivity contribution in [2.75, 3.05) is 11.1 Å². The van der Waals surface area contributed by atoms with Gasteiger partial charge in [-0.15, -0.1) is 11.8 Å². The summed E-state index contributed by atoms with van der Waals surface area (Å²) in [5.41, 5.74) is 2.92. The molecule has 0 atom stereocenters. The maximum Gasteiger partial charge on any atom is 0.0217 e. The lowest BCUT2D eigenvalue weighted by Gasteiger charge is -2.17. The van der Waals surface area contributed by atoms with Crippen LogP contribution in [0, 0.1) is 0 Å².